The fourth-order valence-corrected chi connectivity index (χ4v) is 3.91. The van der Waals surface area contributed by atoms with Crippen LogP contribution in [0.15, 0.2) is 11.5 Å². The number of thiophene rings is 1. The number of hydrogen-bond donors (Lipinski definition) is 1. The van der Waals surface area contributed by atoms with Gasteiger partial charge in [-0.25, -0.2) is 4.79 Å². The lowest BCUT2D eigenvalue weighted by Gasteiger charge is -2.25. The van der Waals surface area contributed by atoms with E-state index >= 15 is 0 Å². The summed E-state index contributed by atoms with van der Waals surface area (Å²) >= 11 is 1.66. The Kier molecular flexibility index (Phi) is 4.77. The first-order valence-electron chi connectivity index (χ1n) is 6.72. The van der Waals surface area contributed by atoms with Gasteiger partial charge in [-0.1, -0.05) is 6.08 Å². The zero-order chi connectivity index (χ0) is 13.8. The lowest BCUT2D eigenvalue weighted by molar-refractivity contribution is 0.0600. The lowest BCUT2D eigenvalue weighted by atomic mass is 9.87. The van der Waals surface area contributed by atoms with Crippen molar-refractivity contribution < 1.29 is 9.53 Å². The Morgan fingerprint density at radius 2 is 2.16 bits per heavy atom. The fourth-order valence-electron chi connectivity index (χ4n) is 2.70. The van der Waals surface area contributed by atoms with E-state index in [0.717, 1.165) is 18.7 Å². The van der Waals surface area contributed by atoms with Gasteiger partial charge in [-0.2, -0.15) is 0 Å². The number of methoxy groups -OCH3 is 1. The summed E-state index contributed by atoms with van der Waals surface area (Å²) in [6.45, 7) is 6.27. The Morgan fingerprint density at radius 3 is 2.74 bits per heavy atom. The zero-order valence-electron chi connectivity index (χ0n) is 11.8. The summed E-state index contributed by atoms with van der Waals surface area (Å²) in [7, 11) is 1.43. The van der Waals surface area contributed by atoms with Gasteiger partial charge in [0.1, 0.15) is 0 Å². The molecule has 1 saturated heterocycles. The molecule has 1 aliphatic rings. The molecular weight excluding hydrogens is 258 g/mol. The van der Waals surface area contributed by atoms with Gasteiger partial charge in [-0.3, -0.25) is 0 Å². The molecule has 1 aromatic rings. The maximum absolute atomic E-state index is 11.7. The van der Waals surface area contributed by atoms with Crippen molar-refractivity contribution in [2.75, 3.05) is 20.2 Å². The van der Waals surface area contributed by atoms with Crippen LogP contribution in [-0.2, 0) is 4.74 Å². The third-order valence-corrected chi connectivity index (χ3v) is 4.93. The molecule has 0 amide bonds. The van der Waals surface area contributed by atoms with Crippen molar-refractivity contribution in [3.05, 3.63) is 27.5 Å². The molecule has 0 atom stereocenters. The molecule has 19 heavy (non-hydrogen) atoms. The minimum absolute atomic E-state index is 0.235. The quantitative estimate of drug-likeness (QED) is 0.863. The second kappa shape index (κ2) is 6.35. The highest BCUT2D eigenvalue weighted by atomic mass is 32.1. The number of piperidine rings is 1. The standard InChI is InChI=1S/C15H21NO2S/c1-4-12(11-5-7-16-8-6-11)14-10(2)13(9-19-14)15(17)18-3/h4,9,11,16H,5-8H2,1-3H3/b12-4-. The van der Waals surface area contributed by atoms with Gasteiger partial charge in [0.25, 0.3) is 0 Å². The molecule has 0 bridgehead atoms. The normalized spacial score (nSPS) is 17.5. The largest absolute Gasteiger partial charge is 0.465 e. The van der Waals surface area contributed by atoms with Crippen molar-refractivity contribution in [2.45, 2.75) is 26.7 Å². The molecule has 0 radical (unpaired) electrons. The molecule has 3 nitrogen and oxygen atoms in total. The number of carbonyl (C=O) groups excluding carboxylic acids is 1. The number of esters is 1. The molecule has 1 N–H and O–H groups in total. The van der Waals surface area contributed by atoms with Gasteiger partial charge in [-0.05, 0) is 56.8 Å². The van der Waals surface area contributed by atoms with Crippen molar-refractivity contribution in [3.63, 3.8) is 0 Å². The van der Waals surface area contributed by atoms with Gasteiger partial charge >= 0.3 is 5.97 Å². The predicted molar refractivity (Wildman–Crippen MR) is 79.6 cm³/mol. The van der Waals surface area contributed by atoms with Crippen LogP contribution >= 0.6 is 11.3 Å². The second-order valence-corrected chi connectivity index (χ2v) is 5.74. The van der Waals surface area contributed by atoms with Gasteiger partial charge in [0.2, 0.25) is 0 Å². The predicted octanol–water partition coefficient (Wildman–Crippen LogP) is 3.25. The van der Waals surface area contributed by atoms with Gasteiger partial charge in [0.15, 0.2) is 0 Å². The van der Waals surface area contributed by atoms with Crippen molar-refractivity contribution in [3.8, 4) is 0 Å². The minimum Gasteiger partial charge on any atom is -0.465 e. The third kappa shape index (κ3) is 2.90. The van der Waals surface area contributed by atoms with Crippen LogP contribution in [0.4, 0.5) is 0 Å². The summed E-state index contributed by atoms with van der Waals surface area (Å²) in [4.78, 5) is 12.9. The van der Waals surface area contributed by atoms with E-state index in [2.05, 4.69) is 18.3 Å². The number of nitrogens with one attached hydrogen (secondary N) is 1. The van der Waals surface area contributed by atoms with Crippen LogP contribution in [-0.4, -0.2) is 26.2 Å². The van der Waals surface area contributed by atoms with Gasteiger partial charge in [0.05, 0.1) is 12.7 Å². The van der Waals surface area contributed by atoms with Crippen molar-refractivity contribution in [1.82, 2.24) is 5.32 Å². The van der Waals surface area contributed by atoms with Crippen LogP contribution in [0.25, 0.3) is 5.57 Å². The number of allylic oxidation sites excluding steroid dienone is 2. The van der Waals surface area contributed by atoms with E-state index in [9.17, 15) is 4.79 Å². The molecule has 0 aliphatic carbocycles. The topological polar surface area (TPSA) is 38.3 Å². The first-order chi connectivity index (χ1) is 9.19. The zero-order valence-corrected chi connectivity index (χ0v) is 12.6. The number of rotatable bonds is 3. The van der Waals surface area contributed by atoms with Crippen LogP contribution < -0.4 is 5.32 Å². The van der Waals surface area contributed by atoms with Gasteiger partial charge < -0.3 is 10.1 Å². The van der Waals surface area contributed by atoms with Crippen molar-refractivity contribution >= 4 is 22.9 Å². The number of ether oxygens (including phenoxy) is 1. The van der Waals surface area contributed by atoms with Crippen molar-refractivity contribution in [2.24, 2.45) is 5.92 Å². The monoisotopic (exact) mass is 279 g/mol. The first kappa shape index (κ1) is 14.3. The summed E-state index contributed by atoms with van der Waals surface area (Å²) in [5.41, 5.74) is 3.15. The van der Waals surface area contributed by atoms with E-state index in [4.69, 9.17) is 4.74 Å². The van der Waals surface area contributed by atoms with E-state index < -0.39 is 0 Å². The molecule has 2 heterocycles. The molecule has 0 aromatic carbocycles. The maximum Gasteiger partial charge on any atom is 0.338 e. The highest BCUT2D eigenvalue weighted by Gasteiger charge is 2.23. The molecule has 0 unspecified atom stereocenters. The molecule has 1 aliphatic heterocycles. The fraction of sp³-hybridized carbons (Fsp3) is 0.533. The Bertz CT molecular complexity index is 484. The molecule has 1 fully saturated rings. The molecule has 1 aromatic heterocycles. The summed E-state index contributed by atoms with van der Waals surface area (Å²) in [6, 6.07) is 0. The number of hydrogen-bond acceptors (Lipinski definition) is 4. The average molecular weight is 279 g/mol. The SMILES string of the molecule is C/C=C(\c1scc(C(=O)OC)c1C)C1CCNCC1. The maximum atomic E-state index is 11.7. The Hall–Kier alpha value is -1.13. The summed E-state index contributed by atoms with van der Waals surface area (Å²) in [5, 5.41) is 5.31. The van der Waals surface area contributed by atoms with E-state index in [0.29, 0.717) is 11.5 Å². The Labute approximate surface area is 118 Å². The number of carbonyl (C=O) groups is 1. The van der Waals surface area contributed by atoms with E-state index in [1.165, 1.54) is 30.4 Å². The molecule has 0 spiro atoms. The third-order valence-electron chi connectivity index (χ3n) is 3.80. The lowest BCUT2D eigenvalue weighted by Crippen LogP contribution is -2.28. The average Bonchev–Trinajstić information content (AvgIpc) is 2.82. The molecule has 2 rings (SSSR count). The highest BCUT2D eigenvalue weighted by Crippen LogP contribution is 2.36. The van der Waals surface area contributed by atoms with Crippen LogP contribution in [0.1, 0.15) is 40.6 Å². The first-order valence-corrected chi connectivity index (χ1v) is 7.60. The minimum atomic E-state index is -0.235. The molecular formula is C15H21NO2S. The van der Waals surface area contributed by atoms with E-state index in [1.807, 2.05) is 12.3 Å². The Balaban J connectivity index is 2.29. The summed E-state index contributed by atoms with van der Waals surface area (Å²) in [5.74, 6) is 0.370. The summed E-state index contributed by atoms with van der Waals surface area (Å²) < 4.78 is 4.83. The van der Waals surface area contributed by atoms with Gasteiger partial charge in [-0.15, -0.1) is 11.3 Å². The van der Waals surface area contributed by atoms with Crippen LogP contribution in [0, 0.1) is 12.8 Å². The Morgan fingerprint density at radius 1 is 1.47 bits per heavy atom. The van der Waals surface area contributed by atoms with Crippen LogP contribution in [0.2, 0.25) is 0 Å². The van der Waals surface area contributed by atoms with Crippen LogP contribution in [0.5, 0.6) is 0 Å². The second-order valence-electron chi connectivity index (χ2n) is 4.86. The molecule has 0 saturated carbocycles. The summed E-state index contributed by atoms with van der Waals surface area (Å²) in [6.07, 6.45) is 4.55. The van der Waals surface area contributed by atoms with E-state index in [-0.39, 0.29) is 5.97 Å². The molecule has 104 valence electrons. The van der Waals surface area contributed by atoms with Crippen LogP contribution in [0.3, 0.4) is 0 Å². The molecule has 4 heteroatoms. The van der Waals surface area contributed by atoms with Gasteiger partial charge in [0, 0.05) is 10.3 Å². The smallest absolute Gasteiger partial charge is 0.338 e. The van der Waals surface area contributed by atoms with E-state index in [1.54, 1.807) is 11.3 Å². The van der Waals surface area contributed by atoms with Crippen molar-refractivity contribution in [1.29, 1.82) is 0 Å². The highest BCUT2D eigenvalue weighted by molar-refractivity contribution is 7.11.